The number of carbonyl (C=O) groups excluding carboxylic acids is 5. The maximum absolute atomic E-state index is 14.5. The van der Waals surface area contributed by atoms with Crippen molar-refractivity contribution in [2.45, 2.75) is 108 Å². The minimum atomic E-state index is -1.39. The second-order valence-electron chi connectivity index (χ2n) is 11.0. The van der Waals surface area contributed by atoms with Crippen LogP contribution in [0.5, 0.6) is 0 Å². The van der Waals surface area contributed by atoms with Crippen molar-refractivity contribution in [1.29, 1.82) is 0 Å². The van der Waals surface area contributed by atoms with E-state index in [1.165, 1.54) is 24.0 Å². The van der Waals surface area contributed by atoms with Crippen LogP contribution >= 0.6 is 0 Å². The molecule has 2 fully saturated rings. The van der Waals surface area contributed by atoms with Crippen molar-refractivity contribution in [3.05, 3.63) is 35.6 Å². The molecule has 5 atom stereocenters. The Bertz CT molecular complexity index is 1110. The van der Waals surface area contributed by atoms with Crippen molar-refractivity contribution in [3.8, 4) is 0 Å². The molecule has 2 saturated heterocycles. The van der Waals surface area contributed by atoms with Crippen LogP contribution in [0.4, 0.5) is 4.39 Å². The summed E-state index contributed by atoms with van der Waals surface area (Å²) in [5.74, 6) is -2.77. The van der Waals surface area contributed by atoms with Gasteiger partial charge in [0.1, 0.15) is 35.6 Å². The van der Waals surface area contributed by atoms with Crippen LogP contribution in [-0.2, 0) is 30.4 Å². The number of carbonyl (C=O) groups is 5. The van der Waals surface area contributed by atoms with Gasteiger partial charge in [-0.1, -0.05) is 38.0 Å². The van der Waals surface area contributed by atoms with Crippen LogP contribution in [0.1, 0.15) is 77.7 Å². The number of hydrogen-bond acceptors (Lipinski definition) is 6. The number of nitrogens with one attached hydrogen (secondary N) is 3. The fourth-order valence-electron chi connectivity index (χ4n) is 5.14. The van der Waals surface area contributed by atoms with Gasteiger partial charge >= 0.3 is 0 Å². The van der Waals surface area contributed by atoms with Gasteiger partial charge in [-0.3, -0.25) is 24.0 Å². The van der Waals surface area contributed by atoms with Crippen LogP contribution in [0.2, 0.25) is 0 Å². The molecule has 1 aromatic carbocycles. The van der Waals surface area contributed by atoms with Gasteiger partial charge in [-0.2, -0.15) is 0 Å². The van der Waals surface area contributed by atoms with E-state index in [4.69, 9.17) is 0 Å². The summed E-state index contributed by atoms with van der Waals surface area (Å²) in [7, 11) is 0. The summed E-state index contributed by atoms with van der Waals surface area (Å²) in [5.41, 5.74) is -1.13. The highest BCUT2D eigenvalue weighted by atomic mass is 19.1. The summed E-state index contributed by atoms with van der Waals surface area (Å²) in [6.07, 6.45) is 2.24. The highest BCUT2D eigenvalue weighted by Crippen LogP contribution is 2.22. The Morgan fingerprint density at radius 1 is 1.10 bits per heavy atom. The summed E-state index contributed by atoms with van der Waals surface area (Å²) < 4.78 is 14.5. The number of ketones is 1. The van der Waals surface area contributed by atoms with Crippen molar-refractivity contribution in [3.63, 3.8) is 0 Å². The predicted molar refractivity (Wildman–Crippen MR) is 145 cm³/mol. The molecule has 3 rings (SSSR count). The monoisotopic (exact) mass is 560 g/mol. The molecular weight excluding hydrogens is 519 g/mol. The van der Waals surface area contributed by atoms with Crippen molar-refractivity contribution < 1.29 is 33.5 Å². The first-order chi connectivity index (χ1) is 19.0. The number of amides is 4. The Balaban J connectivity index is 1.83. The predicted octanol–water partition coefficient (Wildman–Crippen LogP) is 1.53. The Hall–Kier alpha value is -3.34. The van der Waals surface area contributed by atoms with E-state index in [-0.39, 0.29) is 37.0 Å². The van der Waals surface area contributed by atoms with E-state index < -0.39 is 59.2 Å². The van der Waals surface area contributed by atoms with E-state index in [1.54, 1.807) is 26.0 Å². The lowest BCUT2D eigenvalue weighted by Crippen LogP contribution is -2.65. The average molecular weight is 561 g/mol. The zero-order valence-electron chi connectivity index (χ0n) is 23.5. The van der Waals surface area contributed by atoms with Gasteiger partial charge in [-0.25, -0.2) is 4.39 Å². The first-order valence-electron chi connectivity index (χ1n) is 14.1. The van der Waals surface area contributed by atoms with Crippen LogP contribution in [0, 0.1) is 5.82 Å². The molecule has 4 N–H and O–H groups in total. The Morgan fingerprint density at radius 2 is 1.82 bits per heavy atom. The molecule has 10 nitrogen and oxygen atoms in total. The standard InChI is InChI=1S/C29H41FN4O6/c1-4-29(3)28(40)32-22(17-19-11-8-9-12-20(19)30)27(39)34-16-10-14-23(34)26(38)31-21(25(37)33-29)13-6-5-7-15-24(36)18(2)35/h8-9,11-12,18,21-23,35H,4-7,10,13-17H2,1-3H3,(H,31,38)(H,32,40)(H,33,37)/t18-,21+,22+,23-,29+/m1/s1. The number of fused-ring (bicyclic) bond motifs is 1. The molecule has 2 aliphatic rings. The first-order valence-corrected chi connectivity index (χ1v) is 14.1. The number of nitrogens with zero attached hydrogens (tertiary/aromatic N) is 1. The van der Waals surface area contributed by atoms with E-state index in [1.807, 2.05) is 0 Å². The van der Waals surface area contributed by atoms with Crippen LogP contribution in [0.25, 0.3) is 0 Å². The van der Waals surface area contributed by atoms with Crippen LogP contribution in [-0.4, -0.2) is 75.7 Å². The van der Waals surface area contributed by atoms with Gasteiger partial charge in [0, 0.05) is 19.4 Å². The smallest absolute Gasteiger partial charge is 0.246 e. The number of halogens is 1. The van der Waals surface area contributed by atoms with Gasteiger partial charge < -0.3 is 26.0 Å². The van der Waals surface area contributed by atoms with Crippen molar-refractivity contribution in [1.82, 2.24) is 20.9 Å². The minimum Gasteiger partial charge on any atom is -0.386 e. The zero-order valence-corrected chi connectivity index (χ0v) is 23.5. The van der Waals surface area contributed by atoms with Crippen LogP contribution in [0.3, 0.4) is 0 Å². The molecule has 2 heterocycles. The summed E-state index contributed by atoms with van der Waals surface area (Å²) in [6, 6.07) is 3.13. The Morgan fingerprint density at radius 3 is 2.50 bits per heavy atom. The van der Waals surface area contributed by atoms with E-state index in [9.17, 15) is 33.5 Å². The molecule has 0 saturated carbocycles. The molecule has 0 bridgehead atoms. The Labute approximate surface area is 234 Å². The highest BCUT2D eigenvalue weighted by molar-refractivity contribution is 5.99. The molecule has 4 amide bonds. The lowest BCUT2D eigenvalue weighted by atomic mass is 9.94. The van der Waals surface area contributed by atoms with Gasteiger partial charge in [0.2, 0.25) is 23.6 Å². The quantitative estimate of drug-likeness (QED) is 0.320. The van der Waals surface area contributed by atoms with Gasteiger partial charge in [0.25, 0.3) is 0 Å². The van der Waals surface area contributed by atoms with Crippen molar-refractivity contribution in [2.24, 2.45) is 0 Å². The molecule has 0 radical (unpaired) electrons. The SMILES string of the molecule is CC[C@]1(C)NC(=O)[C@H](CCCCCC(=O)[C@@H](C)O)NC(=O)[C@H]2CCCN2C(=O)[C@H](Cc2ccccc2F)NC1=O. The van der Waals surface area contributed by atoms with E-state index in [0.29, 0.717) is 38.6 Å². The molecular formula is C29H41FN4O6. The maximum atomic E-state index is 14.5. The molecule has 0 aliphatic carbocycles. The molecule has 0 aromatic heterocycles. The minimum absolute atomic E-state index is 0.101. The molecule has 0 unspecified atom stereocenters. The van der Waals surface area contributed by atoms with Gasteiger partial charge in [0.05, 0.1) is 0 Å². The van der Waals surface area contributed by atoms with E-state index in [2.05, 4.69) is 16.0 Å². The lowest BCUT2D eigenvalue weighted by molar-refractivity contribution is -0.144. The second kappa shape index (κ2) is 13.8. The number of benzene rings is 1. The number of rotatable bonds is 10. The third kappa shape index (κ3) is 7.65. The number of unbranched alkanes of at least 4 members (excludes halogenated alkanes) is 2. The molecule has 0 spiro atoms. The molecule has 11 heteroatoms. The lowest BCUT2D eigenvalue weighted by Gasteiger charge is -2.36. The van der Waals surface area contributed by atoms with Crippen molar-refractivity contribution >= 4 is 29.4 Å². The Kier molecular flexibility index (Phi) is 10.8. The number of hydrogen-bond donors (Lipinski definition) is 4. The average Bonchev–Trinajstić information content (AvgIpc) is 3.41. The fraction of sp³-hybridized carbons (Fsp3) is 0.621. The van der Waals surface area contributed by atoms with E-state index in [0.717, 1.165) is 0 Å². The summed E-state index contributed by atoms with van der Waals surface area (Å²) in [5, 5.41) is 17.7. The number of aliphatic hydroxyl groups excluding tert-OH is 1. The fourth-order valence-corrected chi connectivity index (χ4v) is 5.14. The molecule has 40 heavy (non-hydrogen) atoms. The zero-order chi connectivity index (χ0) is 29.4. The molecule has 1 aromatic rings. The van der Waals surface area contributed by atoms with Crippen LogP contribution < -0.4 is 16.0 Å². The number of aliphatic hydroxyl groups is 1. The van der Waals surface area contributed by atoms with Gasteiger partial charge in [-0.05, 0) is 57.6 Å². The van der Waals surface area contributed by atoms with E-state index >= 15 is 0 Å². The summed E-state index contributed by atoms with van der Waals surface area (Å²) >= 11 is 0. The maximum Gasteiger partial charge on any atom is 0.246 e. The normalized spacial score (nSPS) is 26.6. The highest BCUT2D eigenvalue weighted by Gasteiger charge is 2.43. The third-order valence-corrected chi connectivity index (χ3v) is 7.95. The van der Waals surface area contributed by atoms with Gasteiger partial charge in [0.15, 0.2) is 5.78 Å². The third-order valence-electron chi connectivity index (χ3n) is 7.95. The first kappa shape index (κ1) is 31.2. The molecule has 2 aliphatic heterocycles. The van der Waals surface area contributed by atoms with Crippen LogP contribution in [0.15, 0.2) is 24.3 Å². The number of Topliss-reactive ketones (excluding diaryl/α,β-unsaturated/α-hetero) is 1. The topological polar surface area (TPSA) is 145 Å². The molecule has 220 valence electrons. The van der Waals surface area contributed by atoms with Crippen molar-refractivity contribution in [2.75, 3.05) is 6.54 Å². The largest absolute Gasteiger partial charge is 0.386 e. The summed E-state index contributed by atoms with van der Waals surface area (Å²) in [4.78, 5) is 67.1. The van der Waals surface area contributed by atoms with Gasteiger partial charge in [-0.15, -0.1) is 0 Å². The second-order valence-corrected chi connectivity index (χ2v) is 11.0. The summed E-state index contributed by atoms with van der Waals surface area (Å²) in [6.45, 7) is 5.01.